The van der Waals surface area contributed by atoms with Crippen molar-refractivity contribution in [2.24, 2.45) is 0 Å². The van der Waals surface area contributed by atoms with Gasteiger partial charge in [0.15, 0.2) is 10.8 Å². The van der Waals surface area contributed by atoms with Crippen LogP contribution in [0.2, 0.25) is 0 Å². The molecule has 94 valence electrons. The Balaban J connectivity index is 1.97. The van der Waals surface area contributed by atoms with Gasteiger partial charge in [-0.05, 0) is 24.6 Å². The molecule has 3 rings (SSSR count). The number of hydrogen-bond donors (Lipinski definition) is 1. The van der Waals surface area contributed by atoms with Crippen molar-refractivity contribution in [2.75, 3.05) is 5.73 Å². The van der Waals surface area contributed by atoms with Crippen molar-refractivity contribution in [3.05, 3.63) is 47.6 Å². The molecule has 0 fully saturated rings. The van der Waals surface area contributed by atoms with E-state index in [1.165, 1.54) is 11.3 Å². The summed E-state index contributed by atoms with van der Waals surface area (Å²) in [5, 5.41) is 2.81. The zero-order chi connectivity index (χ0) is 13.2. The van der Waals surface area contributed by atoms with E-state index >= 15 is 0 Å². The van der Waals surface area contributed by atoms with Crippen LogP contribution in [0.3, 0.4) is 0 Å². The lowest BCUT2D eigenvalue weighted by Crippen LogP contribution is -1.89. The highest BCUT2D eigenvalue weighted by molar-refractivity contribution is 7.13. The zero-order valence-electron chi connectivity index (χ0n) is 10.4. The summed E-state index contributed by atoms with van der Waals surface area (Å²) in [7, 11) is 0. The van der Waals surface area contributed by atoms with Crippen molar-refractivity contribution in [3.63, 3.8) is 0 Å². The summed E-state index contributed by atoms with van der Waals surface area (Å²) in [5.74, 6) is 0.658. The number of thiazole rings is 1. The molecule has 3 aromatic rings. The Bertz CT molecular complexity index is 703. The van der Waals surface area contributed by atoms with Gasteiger partial charge in [-0.15, -0.1) is 11.3 Å². The third-order valence-corrected chi connectivity index (χ3v) is 3.50. The molecule has 2 N–H and O–H groups in total. The van der Waals surface area contributed by atoms with Crippen LogP contribution in [0.15, 0.2) is 42.0 Å². The quantitative estimate of drug-likeness (QED) is 0.725. The first-order valence-corrected chi connectivity index (χ1v) is 6.71. The molecule has 0 aliphatic carbocycles. The number of rotatable bonds is 2. The standard InChI is InChI=1S/C14H12N4S/c1-9-6-16-13(17-7-9)14-18-12(8-19-14)10-3-2-4-11(15)5-10/h2-8H,15H2,1H3. The normalized spacial score (nSPS) is 10.6. The van der Waals surface area contributed by atoms with Gasteiger partial charge >= 0.3 is 0 Å². The average Bonchev–Trinajstić information content (AvgIpc) is 2.89. The van der Waals surface area contributed by atoms with Crippen LogP contribution in [0.4, 0.5) is 5.69 Å². The lowest BCUT2D eigenvalue weighted by atomic mass is 10.1. The van der Waals surface area contributed by atoms with E-state index in [0.29, 0.717) is 5.82 Å². The summed E-state index contributed by atoms with van der Waals surface area (Å²) in [6.45, 7) is 1.96. The van der Waals surface area contributed by atoms with Crippen LogP contribution >= 0.6 is 11.3 Å². The van der Waals surface area contributed by atoms with E-state index in [2.05, 4.69) is 15.0 Å². The second-order valence-electron chi connectivity index (χ2n) is 4.25. The highest BCUT2D eigenvalue weighted by atomic mass is 32.1. The molecule has 0 bridgehead atoms. The second-order valence-corrected chi connectivity index (χ2v) is 5.11. The fourth-order valence-corrected chi connectivity index (χ4v) is 2.48. The third kappa shape index (κ3) is 2.46. The summed E-state index contributed by atoms with van der Waals surface area (Å²) in [4.78, 5) is 13.1. The molecule has 1 aromatic carbocycles. The third-order valence-electron chi connectivity index (χ3n) is 2.66. The SMILES string of the molecule is Cc1cnc(-c2nc(-c3cccc(N)c3)cs2)nc1. The highest BCUT2D eigenvalue weighted by Gasteiger charge is 2.08. The van der Waals surface area contributed by atoms with Gasteiger partial charge in [0.1, 0.15) is 0 Å². The lowest BCUT2D eigenvalue weighted by Gasteiger charge is -1.98. The molecule has 0 saturated carbocycles. The van der Waals surface area contributed by atoms with Crippen LogP contribution in [0.25, 0.3) is 22.1 Å². The van der Waals surface area contributed by atoms with Gasteiger partial charge < -0.3 is 5.73 Å². The summed E-state index contributed by atoms with van der Waals surface area (Å²) < 4.78 is 0. The molecule has 0 saturated heterocycles. The predicted octanol–water partition coefficient (Wildman–Crippen LogP) is 3.16. The molecular weight excluding hydrogens is 256 g/mol. The molecule has 0 atom stereocenters. The van der Waals surface area contributed by atoms with Crippen LogP contribution in [0.1, 0.15) is 5.56 Å². The predicted molar refractivity (Wildman–Crippen MR) is 77.7 cm³/mol. The van der Waals surface area contributed by atoms with Gasteiger partial charge in [0, 0.05) is 29.0 Å². The maximum Gasteiger partial charge on any atom is 0.188 e. The van der Waals surface area contributed by atoms with Crippen molar-refractivity contribution in [3.8, 4) is 22.1 Å². The Morgan fingerprint density at radius 2 is 1.95 bits per heavy atom. The number of hydrogen-bond acceptors (Lipinski definition) is 5. The highest BCUT2D eigenvalue weighted by Crippen LogP contribution is 2.27. The van der Waals surface area contributed by atoms with E-state index in [1.807, 2.05) is 36.6 Å². The molecule has 4 nitrogen and oxygen atoms in total. The average molecular weight is 268 g/mol. The maximum atomic E-state index is 5.78. The Morgan fingerprint density at radius 3 is 2.68 bits per heavy atom. The van der Waals surface area contributed by atoms with Crippen LogP contribution in [-0.2, 0) is 0 Å². The van der Waals surface area contributed by atoms with Crippen molar-refractivity contribution in [1.82, 2.24) is 15.0 Å². The maximum absolute atomic E-state index is 5.78. The van der Waals surface area contributed by atoms with E-state index < -0.39 is 0 Å². The molecule has 0 radical (unpaired) electrons. The summed E-state index contributed by atoms with van der Waals surface area (Å²) in [6, 6.07) is 7.69. The minimum atomic E-state index is 0.658. The van der Waals surface area contributed by atoms with E-state index in [9.17, 15) is 0 Å². The van der Waals surface area contributed by atoms with Crippen LogP contribution in [0, 0.1) is 6.92 Å². The Kier molecular flexibility index (Phi) is 2.97. The molecule has 0 aliphatic rings. The first kappa shape index (κ1) is 11.8. The van der Waals surface area contributed by atoms with Gasteiger partial charge in [0.05, 0.1) is 5.69 Å². The van der Waals surface area contributed by atoms with Crippen molar-refractivity contribution >= 4 is 17.0 Å². The number of aromatic nitrogens is 3. The molecule has 0 spiro atoms. The summed E-state index contributed by atoms with van der Waals surface area (Å²) in [6.07, 6.45) is 3.59. The minimum Gasteiger partial charge on any atom is -0.399 e. The topological polar surface area (TPSA) is 64.7 Å². The monoisotopic (exact) mass is 268 g/mol. The van der Waals surface area contributed by atoms with Gasteiger partial charge in [0.25, 0.3) is 0 Å². The first-order chi connectivity index (χ1) is 9.22. The summed E-state index contributed by atoms with van der Waals surface area (Å²) >= 11 is 1.53. The minimum absolute atomic E-state index is 0.658. The summed E-state index contributed by atoms with van der Waals surface area (Å²) in [5.41, 5.74) is 9.46. The van der Waals surface area contributed by atoms with E-state index in [-0.39, 0.29) is 0 Å². The molecule has 0 unspecified atom stereocenters. The largest absolute Gasteiger partial charge is 0.399 e. The number of nitrogens with zero attached hydrogens (tertiary/aromatic N) is 3. The second kappa shape index (κ2) is 4.78. The van der Waals surface area contributed by atoms with Gasteiger partial charge in [0.2, 0.25) is 0 Å². The van der Waals surface area contributed by atoms with Crippen LogP contribution < -0.4 is 5.73 Å². The Labute approximate surface area is 115 Å². The van der Waals surface area contributed by atoms with Gasteiger partial charge in [-0.2, -0.15) is 0 Å². The van der Waals surface area contributed by atoms with E-state index in [0.717, 1.165) is 27.5 Å². The Hall–Kier alpha value is -2.27. The first-order valence-electron chi connectivity index (χ1n) is 5.83. The number of aryl methyl sites for hydroxylation is 1. The van der Waals surface area contributed by atoms with E-state index in [4.69, 9.17) is 5.73 Å². The van der Waals surface area contributed by atoms with E-state index in [1.54, 1.807) is 12.4 Å². The number of nitrogen functional groups attached to an aromatic ring is 1. The fraction of sp³-hybridized carbons (Fsp3) is 0.0714. The van der Waals surface area contributed by atoms with Crippen molar-refractivity contribution in [2.45, 2.75) is 6.92 Å². The van der Waals surface area contributed by atoms with Crippen molar-refractivity contribution < 1.29 is 0 Å². The zero-order valence-corrected chi connectivity index (χ0v) is 11.2. The molecule has 19 heavy (non-hydrogen) atoms. The molecule has 2 aromatic heterocycles. The number of benzene rings is 1. The molecule has 0 amide bonds. The molecular formula is C14H12N4S. The number of anilines is 1. The van der Waals surface area contributed by atoms with Gasteiger partial charge in [-0.1, -0.05) is 12.1 Å². The molecule has 0 aliphatic heterocycles. The van der Waals surface area contributed by atoms with Crippen molar-refractivity contribution in [1.29, 1.82) is 0 Å². The van der Waals surface area contributed by atoms with Gasteiger partial charge in [-0.3, -0.25) is 0 Å². The van der Waals surface area contributed by atoms with Gasteiger partial charge in [-0.25, -0.2) is 15.0 Å². The van der Waals surface area contributed by atoms with Crippen LogP contribution in [-0.4, -0.2) is 15.0 Å². The lowest BCUT2D eigenvalue weighted by molar-refractivity contribution is 1.13. The van der Waals surface area contributed by atoms with Crippen LogP contribution in [0.5, 0.6) is 0 Å². The fourth-order valence-electron chi connectivity index (χ4n) is 1.71. The smallest absolute Gasteiger partial charge is 0.188 e. The number of nitrogens with two attached hydrogens (primary N) is 1. The Morgan fingerprint density at radius 1 is 1.16 bits per heavy atom. The molecule has 2 heterocycles. The molecule has 5 heteroatoms.